The molecule has 0 amide bonds. The fraction of sp³-hybridized carbons (Fsp3) is 0.571. The lowest BCUT2D eigenvalue weighted by Gasteiger charge is -2.19. The highest BCUT2D eigenvalue weighted by atomic mass is 16.5. The van der Waals surface area contributed by atoms with Crippen molar-refractivity contribution in [2.75, 3.05) is 6.54 Å². The van der Waals surface area contributed by atoms with E-state index in [0.717, 1.165) is 30.7 Å². The van der Waals surface area contributed by atoms with Crippen molar-refractivity contribution in [2.45, 2.75) is 44.9 Å². The van der Waals surface area contributed by atoms with Crippen LogP contribution in [0.4, 0.5) is 0 Å². The molecule has 1 aliphatic heterocycles. The molecule has 94 valence electrons. The zero-order chi connectivity index (χ0) is 12.3. The second-order valence-corrected chi connectivity index (χ2v) is 4.88. The maximum absolute atomic E-state index is 10.2. The van der Waals surface area contributed by atoms with E-state index in [9.17, 15) is 5.11 Å². The molecular weight excluding hydrogens is 214 g/mol. The summed E-state index contributed by atoms with van der Waals surface area (Å²) in [6.45, 7) is 5.02. The molecule has 3 nitrogen and oxygen atoms in total. The Bertz CT molecular complexity index is 342. The average Bonchev–Trinajstić information content (AvgIpc) is 2.82. The van der Waals surface area contributed by atoms with Gasteiger partial charge in [-0.3, -0.25) is 0 Å². The molecule has 2 unspecified atom stereocenters. The summed E-state index contributed by atoms with van der Waals surface area (Å²) in [5, 5.41) is 13.5. The summed E-state index contributed by atoms with van der Waals surface area (Å²) in [6, 6.07) is 7.94. The Balaban J connectivity index is 2.01. The van der Waals surface area contributed by atoms with Gasteiger partial charge < -0.3 is 15.2 Å². The fourth-order valence-corrected chi connectivity index (χ4v) is 2.23. The van der Waals surface area contributed by atoms with Crippen LogP contribution in [0.3, 0.4) is 0 Å². The first-order chi connectivity index (χ1) is 8.16. The van der Waals surface area contributed by atoms with E-state index in [-0.39, 0.29) is 12.1 Å². The first-order valence-corrected chi connectivity index (χ1v) is 6.35. The number of hydrogen-bond donors (Lipinski definition) is 2. The Morgan fingerprint density at radius 3 is 2.53 bits per heavy atom. The molecule has 0 radical (unpaired) electrons. The third-order valence-electron chi connectivity index (χ3n) is 3.07. The molecule has 1 fully saturated rings. The molecule has 1 aliphatic rings. The van der Waals surface area contributed by atoms with Gasteiger partial charge in [-0.05, 0) is 50.9 Å². The van der Waals surface area contributed by atoms with Crippen molar-refractivity contribution in [3.8, 4) is 5.75 Å². The molecule has 1 heterocycles. The van der Waals surface area contributed by atoms with E-state index in [1.165, 1.54) is 0 Å². The van der Waals surface area contributed by atoms with E-state index in [1.54, 1.807) is 0 Å². The highest BCUT2D eigenvalue weighted by molar-refractivity contribution is 5.29. The van der Waals surface area contributed by atoms with Gasteiger partial charge >= 0.3 is 0 Å². The van der Waals surface area contributed by atoms with E-state index in [0.29, 0.717) is 0 Å². The molecular formula is C14H21NO2. The van der Waals surface area contributed by atoms with Gasteiger partial charge in [-0.15, -0.1) is 0 Å². The fourth-order valence-electron chi connectivity index (χ4n) is 2.23. The number of aliphatic hydroxyl groups is 1. The molecule has 0 aromatic heterocycles. The van der Waals surface area contributed by atoms with Crippen molar-refractivity contribution in [1.29, 1.82) is 0 Å². The molecule has 1 saturated heterocycles. The summed E-state index contributed by atoms with van der Waals surface area (Å²) in [5.74, 6) is 0.857. The van der Waals surface area contributed by atoms with Crippen LogP contribution >= 0.6 is 0 Å². The Hall–Kier alpha value is -1.06. The van der Waals surface area contributed by atoms with Gasteiger partial charge in [-0.25, -0.2) is 0 Å². The number of hydrogen-bond acceptors (Lipinski definition) is 3. The maximum Gasteiger partial charge on any atom is 0.119 e. The monoisotopic (exact) mass is 235 g/mol. The minimum Gasteiger partial charge on any atom is -0.491 e. The molecule has 0 bridgehead atoms. The molecule has 2 atom stereocenters. The minimum absolute atomic E-state index is 0.183. The van der Waals surface area contributed by atoms with E-state index in [4.69, 9.17) is 4.74 Å². The predicted molar refractivity (Wildman–Crippen MR) is 68.2 cm³/mol. The van der Waals surface area contributed by atoms with Crippen LogP contribution in [-0.2, 0) is 0 Å². The summed E-state index contributed by atoms with van der Waals surface area (Å²) in [5.41, 5.74) is 0.959. The second-order valence-electron chi connectivity index (χ2n) is 4.88. The van der Waals surface area contributed by atoms with Gasteiger partial charge in [-0.1, -0.05) is 12.1 Å². The van der Waals surface area contributed by atoms with E-state index in [2.05, 4.69) is 5.32 Å². The average molecular weight is 235 g/mol. The third kappa shape index (κ3) is 3.20. The Labute approximate surface area is 103 Å². The zero-order valence-electron chi connectivity index (χ0n) is 10.5. The summed E-state index contributed by atoms with van der Waals surface area (Å²) in [6.07, 6.45) is 1.97. The molecule has 0 saturated carbocycles. The lowest BCUT2D eigenvalue weighted by molar-refractivity contribution is 0.137. The molecule has 0 spiro atoms. The molecule has 0 aliphatic carbocycles. The number of ether oxygens (including phenoxy) is 1. The normalized spacial score (nSPS) is 21.8. The highest BCUT2D eigenvalue weighted by Crippen LogP contribution is 2.24. The molecule has 17 heavy (non-hydrogen) atoms. The van der Waals surface area contributed by atoms with Crippen LogP contribution < -0.4 is 10.1 Å². The van der Waals surface area contributed by atoms with Crippen molar-refractivity contribution in [3.63, 3.8) is 0 Å². The van der Waals surface area contributed by atoms with E-state index in [1.807, 2.05) is 38.1 Å². The predicted octanol–water partition coefficient (Wildman–Crippen LogP) is 2.26. The quantitative estimate of drug-likeness (QED) is 0.841. The third-order valence-corrected chi connectivity index (χ3v) is 3.07. The van der Waals surface area contributed by atoms with Crippen LogP contribution in [0, 0.1) is 0 Å². The summed E-state index contributed by atoms with van der Waals surface area (Å²) in [4.78, 5) is 0. The van der Waals surface area contributed by atoms with Crippen LogP contribution in [0.2, 0.25) is 0 Å². The van der Waals surface area contributed by atoms with Crippen molar-refractivity contribution < 1.29 is 9.84 Å². The summed E-state index contributed by atoms with van der Waals surface area (Å²) >= 11 is 0. The van der Waals surface area contributed by atoms with Crippen molar-refractivity contribution in [3.05, 3.63) is 29.8 Å². The van der Waals surface area contributed by atoms with E-state index >= 15 is 0 Å². The Morgan fingerprint density at radius 1 is 1.29 bits per heavy atom. The van der Waals surface area contributed by atoms with Gasteiger partial charge in [0.05, 0.1) is 12.2 Å². The van der Waals surface area contributed by atoms with Crippen LogP contribution in [0.5, 0.6) is 5.75 Å². The SMILES string of the molecule is CC(C)Oc1ccc(C(O)C2CCCN2)cc1. The second kappa shape index (κ2) is 5.52. The Kier molecular flexibility index (Phi) is 4.02. The van der Waals surface area contributed by atoms with Crippen molar-refractivity contribution >= 4 is 0 Å². The lowest BCUT2D eigenvalue weighted by Crippen LogP contribution is -2.28. The zero-order valence-corrected chi connectivity index (χ0v) is 10.5. The van der Waals surface area contributed by atoms with Crippen molar-refractivity contribution in [2.24, 2.45) is 0 Å². The van der Waals surface area contributed by atoms with Gasteiger partial charge in [0.1, 0.15) is 5.75 Å². The van der Waals surface area contributed by atoms with E-state index < -0.39 is 6.10 Å². The topological polar surface area (TPSA) is 41.5 Å². The van der Waals surface area contributed by atoms with Gasteiger partial charge in [0.2, 0.25) is 0 Å². The van der Waals surface area contributed by atoms with Gasteiger partial charge in [0.25, 0.3) is 0 Å². The molecule has 2 rings (SSSR count). The smallest absolute Gasteiger partial charge is 0.119 e. The summed E-state index contributed by atoms with van der Waals surface area (Å²) in [7, 11) is 0. The van der Waals surface area contributed by atoms with Gasteiger partial charge in [-0.2, -0.15) is 0 Å². The number of rotatable bonds is 4. The van der Waals surface area contributed by atoms with Crippen LogP contribution in [0.25, 0.3) is 0 Å². The lowest BCUT2D eigenvalue weighted by atomic mass is 10.0. The molecule has 3 heteroatoms. The first kappa shape index (κ1) is 12.4. The van der Waals surface area contributed by atoms with Crippen LogP contribution in [0.1, 0.15) is 38.4 Å². The molecule has 2 N–H and O–H groups in total. The Morgan fingerprint density at radius 2 is 2.00 bits per heavy atom. The highest BCUT2D eigenvalue weighted by Gasteiger charge is 2.23. The molecule has 1 aromatic rings. The molecule has 1 aromatic carbocycles. The minimum atomic E-state index is -0.411. The van der Waals surface area contributed by atoms with Gasteiger partial charge in [0, 0.05) is 6.04 Å². The largest absolute Gasteiger partial charge is 0.491 e. The number of nitrogens with one attached hydrogen (secondary N) is 1. The number of aliphatic hydroxyl groups excluding tert-OH is 1. The summed E-state index contributed by atoms with van der Waals surface area (Å²) < 4.78 is 5.58. The number of benzene rings is 1. The first-order valence-electron chi connectivity index (χ1n) is 6.35. The standard InChI is InChI=1S/C14H21NO2/c1-10(2)17-12-7-5-11(6-8-12)14(16)13-4-3-9-15-13/h5-8,10,13-16H,3-4,9H2,1-2H3. The maximum atomic E-state index is 10.2. The van der Waals surface area contributed by atoms with Crippen molar-refractivity contribution in [1.82, 2.24) is 5.32 Å². The van der Waals surface area contributed by atoms with Crippen LogP contribution in [-0.4, -0.2) is 23.8 Å². The van der Waals surface area contributed by atoms with Crippen LogP contribution in [0.15, 0.2) is 24.3 Å². The van der Waals surface area contributed by atoms with Gasteiger partial charge in [0.15, 0.2) is 0 Å².